The third-order valence-electron chi connectivity index (χ3n) is 4.79. The Morgan fingerprint density at radius 1 is 1.21 bits per heavy atom. The van der Waals surface area contributed by atoms with Crippen LogP contribution < -0.4 is 9.21 Å². The second-order valence-electron chi connectivity index (χ2n) is 6.69. The van der Waals surface area contributed by atoms with Crippen LogP contribution in [0.15, 0.2) is 65.0 Å². The molecule has 0 saturated carbocycles. The number of hydrogen-bond acceptors (Lipinski definition) is 5. The van der Waals surface area contributed by atoms with Gasteiger partial charge in [0.1, 0.15) is 0 Å². The van der Waals surface area contributed by atoms with Crippen LogP contribution in [0.25, 0.3) is 0 Å². The summed E-state index contributed by atoms with van der Waals surface area (Å²) in [6.45, 7) is 1.89. The van der Waals surface area contributed by atoms with Gasteiger partial charge in [-0.15, -0.1) is 11.3 Å². The maximum Gasteiger partial charge on any atom is 0.264 e. The minimum atomic E-state index is -3.79. The Balaban J connectivity index is 1.70. The van der Waals surface area contributed by atoms with E-state index >= 15 is 0 Å². The van der Waals surface area contributed by atoms with Crippen molar-refractivity contribution >= 4 is 38.1 Å². The number of aromatic nitrogens is 1. The van der Waals surface area contributed by atoms with Crippen LogP contribution in [0.3, 0.4) is 0 Å². The van der Waals surface area contributed by atoms with E-state index in [0.717, 1.165) is 5.56 Å². The third kappa shape index (κ3) is 3.08. The zero-order chi connectivity index (χ0) is 19.9. The maximum absolute atomic E-state index is 13.4. The Morgan fingerprint density at radius 3 is 2.75 bits per heavy atom. The summed E-state index contributed by atoms with van der Waals surface area (Å²) in [7, 11) is -2.16. The predicted octanol–water partition coefficient (Wildman–Crippen LogP) is 3.56. The molecule has 2 aromatic carbocycles. The lowest BCUT2D eigenvalue weighted by Crippen LogP contribution is -2.36. The molecule has 1 atom stereocenters. The van der Waals surface area contributed by atoms with Gasteiger partial charge in [-0.25, -0.2) is 13.4 Å². The number of sulfonamides is 1. The summed E-state index contributed by atoms with van der Waals surface area (Å²) >= 11 is 1.34. The number of carbonyl (C=O) groups excluding carboxylic acids is 1. The number of thiazole rings is 1. The third-order valence-corrected chi connectivity index (χ3v) is 7.57. The highest BCUT2D eigenvalue weighted by atomic mass is 32.2. The molecule has 1 unspecified atom stereocenters. The van der Waals surface area contributed by atoms with Gasteiger partial charge >= 0.3 is 0 Å². The van der Waals surface area contributed by atoms with E-state index in [4.69, 9.17) is 0 Å². The van der Waals surface area contributed by atoms with Gasteiger partial charge in [0.2, 0.25) is 0 Å². The summed E-state index contributed by atoms with van der Waals surface area (Å²) in [4.78, 5) is 18.4. The molecule has 0 bridgehead atoms. The van der Waals surface area contributed by atoms with Crippen LogP contribution in [0.4, 0.5) is 10.8 Å². The molecule has 0 saturated heterocycles. The molecule has 144 valence electrons. The largest absolute Gasteiger partial charge is 0.287 e. The molecule has 1 aromatic heterocycles. The predicted molar refractivity (Wildman–Crippen MR) is 111 cm³/mol. The van der Waals surface area contributed by atoms with Gasteiger partial charge in [0.15, 0.2) is 5.13 Å². The Labute approximate surface area is 168 Å². The topological polar surface area (TPSA) is 70.6 Å². The van der Waals surface area contributed by atoms with Crippen LogP contribution in [0.2, 0.25) is 0 Å². The first-order valence-electron chi connectivity index (χ1n) is 8.79. The molecular weight excluding hydrogens is 394 g/mol. The average Bonchev–Trinajstić information content (AvgIpc) is 3.34. The molecule has 0 spiro atoms. The summed E-state index contributed by atoms with van der Waals surface area (Å²) in [5.74, 6) is -0.304. The molecule has 8 heteroatoms. The van der Waals surface area contributed by atoms with Crippen LogP contribution >= 0.6 is 11.3 Å². The number of hydrogen-bond donors (Lipinski definition) is 0. The van der Waals surface area contributed by atoms with E-state index in [1.165, 1.54) is 32.7 Å². The standard InChI is InChI=1S/C20H19N3O3S2/c1-14-12-15-6-3-4-9-18(15)23(14)28(25,26)17-8-5-7-16(13-17)19(24)22(2)20-21-10-11-27-20/h3-11,13-14H,12H2,1-2H3. The number of nitrogens with zero attached hydrogens (tertiary/aromatic N) is 3. The maximum atomic E-state index is 13.4. The van der Waals surface area contributed by atoms with E-state index in [-0.39, 0.29) is 16.8 Å². The number of para-hydroxylation sites is 1. The molecule has 1 aliphatic rings. The zero-order valence-corrected chi connectivity index (χ0v) is 17.1. The number of carbonyl (C=O) groups is 1. The van der Waals surface area contributed by atoms with Crippen LogP contribution in [-0.4, -0.2) is 32.4 Å². The fourth-order valence-electron chi connectivity index (χ4n) is 3.47. The van der Waals surface area contributed by atoms with Gasteiger partial charge in [0.25, 0.3) is 15.9 Å². The molecular formula is C20H19N3O3S2. The first kappa shape index (κ1) is 18.6. The molecule has 0 aliphatic carbocycles. The van der Waals surface area contributed by atoms with Gasteiger partial charge in [-0.05, 0) is 43.2 Å². The van der Waals surface area contributed by atoms with Crippen LogP contribution in [0, 0.1) is 0 Å². The van der Waals surface area contributed by atoms with Crippen molar-refractivity contribution in [2.75, 3.05) is 16.3 Å². The smallest absolute Gasteiger partial charge is 0.264 e. The lowest BCUT2D eigenvalue weighted by molar-refractivity contribution is 0.0992. The SMILES string of the molecule is CC1Cc2ccccc2N1S(=O)(=O)c1cccc(C(=O)N(C)c2nccs2)c1. The lowest BCUT2D eigenvalue weighted by atomic mass is 10.1. The van der Waals surface area contributed by atoms with Crippen molar-refractivity contribution < 1.29 is 13.2 Å². The average molecular weight is 414 g/mol. The summed E-state index contributed by atoms with van der Waals surface area (Å²) in [5, 5.41) is 2.34. The minimum Gasteiger partial charge on any atom is -0.287 e. The van der Waals surface area contributed by atoms with E-state index in [2.05, 4.69) is 4.98 Å². The van der Waals surface area contributed by atoms with Gasteiger partial charge in [-0.1, -0.05) is 24.3 Å². The van der Waals surface area contributed by atoms with Crippen molar-refractivity contribution in [1.29, 1.82) is 0 Å². The van der Waals surface area contributed by atoms with E-state index < -0.39 is 10.0 Å². The number of fused-ring (bicyclic) bond motifs is 1. The van der Waals surface area contributed by atoms with Crippen molar-refractivity contribution in [3.05, 3.63) is 71.2 Å². The number of rotatable bonds is 4. The summed E-state index contributed by atoms with van der Waals surface area (Å²) in [6, 6.07) is 13.5. The monoisotopic (exact) mass is 413 g/mol. The Morgan fingerprint density at radius 2 is 2.00 bits per heavy atom. The normalized spacial score (nSPS) is 16.1. The van der Waals surface area contributed by atoms with Crippen molar-refractivity contribution in [2.45, 2.75) is 24.3 Å². The molecule has 3 aromatic rings. The fourth-order valence-corrected chi connectivity index (χ4v) is 5.81. The van der Waals surface area contributed by atoms with Crippen LogP contribution in [0.1, 0.15) is 22.8 Å². The molecule has 0 fully saturated rings. The van der Waals surface area contributed by atoms with Crippen molar-refractivity contribution in [3.63, 3.8) is 0 Å². The molecule has 0 N–H and O–H groups in total. The number of amides is 1. The van der Waals surface area contributed by atoms with Gasteiger partial charge in [-0.3, -0.25) is 14.0 Å². The Bertz CT molecular complexity index is 1130. The minimum absolute atomic E-state index is 0.106. The van der Waals surface area contributed by atoms with Crippen molar-refractivity contribution in [2.24, 2.45) is 0 Å². The second-order valence-corrected chi connectivity index (χ2v) is 9.38. The molecule has 0 radical (unpaired) electrons. The van der Waals surface area contributed by atoms with Gasteiger partial charge in [0.05, 0.1) is 10.6 Å². The molecule has 1 amide bonds. The lowest BCUT2D eigenvalue weighted by Gasteiger charge is -2.24. The Hall–Kier alpha value is -2.71. The summed E-state index contributed by atoms with van der Waals surface area (Å²) in [6.07, 6.45) is 2.29. The second kappa shape index (κ2) is 7.03. The van der Waals surface area contributed by atoms with E-state index in [0.29, 0.717) is 22.8 Å². The zero-order valence-electron chi connectivity index (χ0n) is 15.4. The van der Waals surface area contributed by atoms with Gasteiger partial charge in [0, 0.05) is 30.2 Å². The molecule has 28 heavy (non-hydrogen) atoms. The summed E-state index contributed by atoms with van der Waals surface area (Å²) < 4.78 is 28.2. The molecule has 2 heterocycles. The fraction of sp³-hybridized carbons (Fsp3) is 0.200. The van der Waals surface area contributed by atoms with Crippen LogP contribution in [0.5, 0.6) is 0 Å². The highest BCUT2D eigenvalue weighted by molar-refractivity contribution is 7.92. The first-order chi connectivity index (χ1) is 13.4. The van der Waals surface area contributed by atoms with E-state index in [9.17, 15) is 13.2 Å². The van der Waals surface area contributed by atoms with Gasteiger partial charge in [-0.2, -0.15) is 0 Å². The van der Waals surface area contributed by atoms with Crippen molar-refractivity contribution in [3.8, 4) is 0 Å². The van der Waals surface area contributed by atoms with E-state index in [1.807, 2.05) is 31.2 Å². The highest BCUT2D eigenvalue weighted by Gasteiger charge is 2.36. The van der Waals surface area contributed by atoms with Crippen molar-refractivity contribution in [1.82, 2.24) is 4.98 Å². The Kier molecular flexibility index (Phi) is 4.68. The summed E-state index contributed by atoms with van der Waals surface area (Å²) in [5.41, 5.74) is 2.01. The van der Waals surface area contributed by atoms with E-state index in [1.54, 1.807) is 30.8 Å². The molecule has 4 rings (SSSR count). The van der Waals surface area contributed by atoms with Crippen LogP contribution in [-0.2, 0) is 16.4 Å². The number of benzene rings is 2. The highest BCUT2D eigenvalue weighted by Crippen LogP contribution is 2.36. The quantitative estimate of drug-likeness (QED) is 0.656. The van der Waals surface area contributed by atoms with Gasteiger partial charge < -0.3 is 0 Å². The molecule has 1 aliphatic heterocycles. The molecule has 6 nitrogen and oxygen atoms in total. The number of anilines is 2. The first-order valence-corrected chi connectivity index (χ1v) is 11.1.